The van der Waals surface area contributed by atoms with E-state index in [0.29, 0.717) is 17.6 Å². The maximum absolute atomic E-state index is 13.1. The first-order valence-electron chi connectivity index (χ1n) is 14.2. The number of aryl methyl sites for hydroxylation is 1. The van der Waals surface area contributed by atoms with Crippen LogP contribution in [0.4, 0.5) is 10.1 Å². The summed E-state index contributed by atoms with van der Waals surface area (Å²) in [4.78, 5) is 39.2. The molecule has 0 saturated carbocycles. The number of hydrogen-bond acceptors (Lipinski definition) is 6. The van der Waals surface area contributed by atoms with Gasteiger partial charge >= 0.3 is 0 Å². The van der Waals surface area contributed by atoms with E-state index in [0.717, 1.165) is 70.5 Å². The van der Waals surface area contributed by atoms with Crippen molar-refractivity contribution in [2.24, 2.45) is 0 Å². The number of carbonyl (C=O) groups is 2. The van der Waals surface area contributed by atoms with Gasteiger partial charge in [0.05, 0.1) is 21.3 Å². The minimum atomic E-state index is -0.829. The summed E-state index contributed by atoms with van der Waals surface area (Å²) in [5.41, 5.74) is 2.26. The molecule has 42 heavy (non-hydrogen) atoms. The summed E-state index contributed by atoms with van der Waals surface area (Å²) in [5.74, 6) is -1.71. The van der Waals surface area contributed by atoms with Crippen molar-refractivity contribution < 1.29 is 14.0 Å². The van der Waals surface area contributed by atoms with Gasteiger partial charge in [0.15, 0.2) is 0 Å². The van der Waals surface area contributed by atoms with E-state index in [2.05, 4.69) is 25.1 Å². The molecule has 1 aliphatic rings. The Kier molecular flexibility index (Phi) is 10.2. The number of nitrogens with one attached hydrogen (secondary N) is 1. The average molecular weight is 612 g/mol. The van der Waals surface area contributed by atoms with Crippen LogP contribution in [0.25, 0.3) is 11.0 Å². The van der Waals surface area contributed by atoms with Gasteiger partial charge in [-0.25, -0.2) is 9.37 Å². The molecule has 0 atom stereocenters. The minimum absolute atomic E-state index is 0.150. The van der Waals surface area contributed by atoms with Gasteiger partial charge < -0.3 is 14.8 Å². The number of aromatic nitrogens is 3. The van der Waals surface area contributed by atoms with Crippen LogP contribution in [0, 0.1) is 5.82 Å². The Morgan fingerprint density at radius 1 is 0.881 bits per heavy atom. The van der Waals surface area contributed by atoms with Crippen LogP contribution in [0.3, 0.4) is 0 Å². The lowest BCUT2D eigenvalue weighted by atomic mass is 10.1. The Balaban J connectivity index is 1.07. The number of nitrogens with zero attached hydrogens (tertiary/aromatic N) is 5. The van der Waals surface area contributed by atoms with Crippen LogP contribution in [0.2, 0.25) is 10.0 Å². The van der Waals surface area contributed by atoms with E-state index in [4.69, 9.17) is 23.2 Å². The van der Waals surface area contributed by atoms with E-state index in [1.54, 1.807) is 24.5 Å². The molecular formula is C31H33Cl2FN6O2. The van der Waals surface area contributed by atoms with Gasteiger partial charge in [0.2, 0.25) is 0 Å². The number of pyridine rings is 2. The maximum atomic E-state index is 13.1. The van der Waals surface area contributed by atoms with Gasteiger partial charge in [0, 0.05) is 69.4 Å². The van der Waals surface area contributed by atoms with Gasteiger partial charge in [0.1, 0.15) is 11.5 Å². The monoisotopic (exact) mass is 610 g/mol. The second-order valence-electron chi connectivity index (χ2n) is 10.5. The molecule has 4 heterocycles. The first kappa shape index (κ1) is 30.1. The van der Waals surface area contributed by atoms with Crippen LogP contribution in [0.15, 0.2) is 61.2 Å². The van der Waals surface area contributed by atoms with Crippen molar-refractivity contribution in [1.82, 2.24) is 24.3 Å². The standard InChI is InChI=1S/C31H33Cl2FN6O2/c32-26-18-35-19-27(33)28(26)37-31(42)29(41)25-21-40(30-24(25)6-5-11-36-30)13-4-2-1-3-12-38-14-16-39(17-15-38)20-22-7-9-23(34)10-8-22/h5-11,18-19,21H,1-4,12-17,20H2,(H,35,37,42). The molecule has 0 aliphatic carbocycles. The zero-order chi connectivity index (χ0) is 29.5. The zero-order valence-electron chi connectivity index (χ0n) is 23.2. The number of piperazine rings is 1. The van der Waals surface area contributed by atoms with E-state index in [9.17, 15) is 14.0 Å². The molecule has 8 nitrogen and oxygen atoms in total. The molecule has 1 amide bonds. The number of fused-ring (bicyclic) bond motifs is 1. The van der Waals surface area contributed by atoms with Crippen molar-refractivity contribution in [3.8, 4) is 0 Å². The second-order valence-corrected chi connectivity index (χ2v) is 11.3. The van der Waals surface area contributed by atoms with Gasteiger partial charge in [-0.2, -0.15) is 0 Å². The van der Waals surface area contributed by atoms with Crippen molar-refractivity contribution in [3.05, 3.63) is 88.2 Å². The summed E-state index contributed by atoms with van der Waals surface area (Å²) in [7, 11) is 0. The number of rotatable bonds is 12. The summed E-state index contributed by atoms with van der Waals surface area (Å²) in [5, 5.41) is 3.45. The van der Waals surface area contributed by atoms with Crippen LogP contribution < -0.4 is 5.32 Å². The van der Waals surface area contributed by atoms with Crippen molar-refractivity contribution in [1.29, 1.82) is 0 Å². The highest BCUT2D eigenvalue weighted by molar-refractivity contribution is 6.50. The number of anilines is 1. The van der Waals surface area contributed by atoms with Gasteiger partial charge in [-0.3, -0.25) is 19.5 Å². The lowest BCUT2D eigenvalue weighted by molar-refractivity contribution is -0.112. The normalized spacial score (nSPS) is 14.4. The van der Waals surface area contributed by atoms with Crippen LogP contribution in [-0.2, 0) is 17.9 Å². The first-order chi connectivity index (χ1) is 20.4. The third-order valence-corrected chi connectivity index (χ3v) is 8.16. The van der Waals surface area contributed by atoms with Gasteiger partial charge in [-0.05, 0) is 49.2 Å². The predicted molar refractivity (Wildman–Crippen MR) is 164 cm³/mol. The quantitative estimate of drug-likeness (QED) is 0.119. The van der Waals surface area contributed by atoms with Crippen molar-refractivity contribution >= 4 is 51.6 Å². The molecule has 0 bridgehead atoms. The van der Waals surface area contributed by atoms with E-state index in [1.165, 1.54) is 24.5 Å². The molecule has 3 aromatic heterocycles. The second kappa shape index (κ2) is 14.2. The zero-order valence-corrected chi connectivity index (χ0v) is 24.7. The fourth-order valence-electron chi connectivity index (χ4n) is 5.29. The van der Waals surface area contributed by atoms with Crippen molar-refractivity contribution in [3.63, 3.8) is 0 Å². The molecule has 1 fully saturated rings. The van der Waals surface area contributed by atoms with Crippen molar-refractivity contribution in [2.45, 2.75) is 38.8 Å². The van der Waals surface area contributed by atoms with Crippen LogP contribution in [-0.4, -0.2) is 68.7 Å². The van der Waals surface area contributed by atoms with E-state index >= 15 is 0 Å². The Labute approximate surface area is 254 Å². The van der Waals surface area contributed by atoms with Gasteiger partial charge in [0.25, 0.3) is 11.7 Å². The molecular weight excluding hydrogens is 578 g/mol. The average Bonchev–Trinajstić information content (AvgIpc) is 3.37. The number of unbranched alkanes of at least 4 members (excludes halogenated alkanes) is 3. The van der Waals surface area contributed by atoms with E-state index < -0.39 is 11.7 Å². The lowest BCUT2D eigenvalue weighted by Crippen LogP contribution is -2.46. The largest absolute Gasteiger partial charge is 0.332 e. The summed E-state index contributed by atoms with van der Waals surface area (Å²) in [6, 6.07) is 10.3. The van der Waals surface area contributed by atoms with Crippen molar-refractivity contribution in [2.75, 3.05) is 38.0 Å². The van der Waals surface area contributed by atoms with Gasteiger partial charge in [-0.15, -0.1) is 0 Å². The fraction of sp³-hybridized carbons (Fsp3) is 0.355. The predicted octanol–water partition coefficient (Wildman–Crippen LogP) is 6.08. The molecule has 4 aromatic rings. The molecule has 1 aliphatic heterocycles. The molecule has 0 spiro atoms. The molecule has 1 N–H and O–H groups in total. The number of amides is 1. The topological polar surface area (TPSA) is 83.4 Å². The third-order valence-electron chi connectivity index (χ3n) is 7.58. The Bertz CT molecular complexity index is 1520. The molecule has 1 saturated heterocycles. The van der Waals surface area contributed by atoms with E-state index in [-0.39, 0.29) is 27.1 Å². The molecule has 0 radical (unpaired) electrons. The van der Waals surface area contributed by atoms with Crippen LogP contribution in [0.5, 0.6) is 0 Å². The first-order valence-corrected chi connectivity index (χ1v) is 14.9. The summed E-state index contributed by atoms with van der Waals surface area (Å²) >= 11 is 12.2. The van der Waals surface area contributed by atoms with E-state index in [1.807, 2.05) is 16.7 Å². The summed E-state index contributed by atoms with van der Waals surface area (Å²) in [6.45, 7) is 6.78. The summed E-state index contributed by atoms with van der Waals surface area (Å²) in [6.07, 6.45) is 10.3. The van der Waals surface area contributed by atoms with Gasteiger partial charge in [-0.1, -0.05) is 48.2 Å². The minimum Gasteiger partial charge on any atom is -0.332 e. The number of carbonyl (C=O) groups excluding carboxylic acids is 2. The highest BCUT2D eigenvalue weighted by Gasteiger charge is 2.24. The Morgan fingerprint density at radius 3 is 2.26 bits per heavy atom. The maximum Gasteiger partial charge on any atom is 0.296 e. The number of benzene rings is 1. The van der Waals surface area contributed by atoms with Crippen LogP contribution >= 0.6 is 23.2 Å². The summed E-state index contributed by atoms with van der Waals surface area (Å²) < 4.78 is 15.1. The molecule has 5 rings (SSSR count). The third kappa shape index (κ3) is 7.52. The number of hydrogen-bond donors (Lipinski definition) is 1. The molecule has 220 valence electrons. The lowest BCUT2D eigenvalue weighted by Gasteiger charge is -2.34. The number of Topliss-reactive ketones (excluding diaryl/α,β-unsaturated/α-hetero) is 1. The SMILES string of the molecule is O=C(Nc1c(Cl)cncc1Cl)C(=O)c1cn(CCCCCCN2CCN(Cc3ccc(F)cc3)CC2)c2ncccc12. The molecule has 0 unspecified atom stereocenters. The fourth-order valence-corrected chi connectivity index (χ4v) is 5.75. The Morgan fingerprint density at radius 2 is 1.55 bits per heavy atom. The number of ketones is 1. The molecule has 11 heteroatoms. The smallest absolute Gasteiger partial charge is 0.296 e. The number of halogens is 3. The Hall–Kier alpha value is -3.37. The van der Waals surface area contributed by atoms with Crippen LogP contribution in [0.1, 0.15) is 41.6 Å². The highest BCUT2D eigenvalue weighted by atomic mass is 35.5. The highest BCUT2D eigenvalue weighted by Crippen LogP contribution is 2.29. The molecule has 1 aromatic carbocycles.